The van der Waals surface area contributed by atoms with Gasteiger partial charge in [-0.3, -0.25) is 4.90 Å². The highest BCUT2D eigenvalue weighted by Crippen LogP contribution is 2.29. The van der Waals surface area contributed by atoms with E-state index in [1.54, 1.807) is 4.68 Å². The van der Waals surface area contributed by atoms with Crippen LogP contribution in [-0.2, 0) is 6.67 Å². The summed E-state index contributed by atoms with van der Waals surface area (Å²) >= 11 is 5.37. The average molecular weight is 397 g/mol. The summed E-state index contributed by atoms with van der Waals surface area (Å²) in [4.78, 5) is 5.12. The lowest BCUT2D eigenvalue weighted by atomic mass is 10.2. The zero-order valence-corrected chi connectivity index (χ0v) is 16.8. The van der Waals surface area contributed by atoms with Gasteiger partial charge in [0.25, 0.3) is 4.84 Å². The first-order valence-corrected chi connectivity index (χ1v) is 9.98. The molecule has 6 nitrogen and oxygen atoms in total. The Kier molecular flexibility index (Phi) is 5.73. The molecule has 3 aromatic rings. The molecule has 0 aliphatic carbocycles. The predicted octanol–water partition coefficient (Wildman–Crippen LogP) is 4.05. The van der Waals surface area contributed by atoms with Crippen LogP contribution in [-0.4, -0.2) is 47.5 Å². The van der Waals surface area contributed by atoms with Gasteiger partial charge in [-0.15, -0.1) is 5.10 Å². The molecule has 1 fully saturated rings. The second-order valence-electron chi connectivity index (χ2n) is 6.69. The standard InChI is InChI=1S/C21H24N4O2S/c1-2-26-19-11-7-6-10-18(19)24-14-12-23(13-15-24)16-25-21(28)27-20(22-25)17-8-4-3-5-9-17/h3-11H,2,12-16H2,1H3. The smallest absolute Gasteiger partial charge is 0.288 e. The van der Waals surface area contributed by atoms with Crippen LogP contribution in [0.5, 0.6) is 5.75 Å². The molecule has 0 spiro atoms. The molecule has 1 aliphatic rings. The number of hydrogen-bond donors (Lipinski definition) is 0. The minimum atomic E-state index is 0.406. The average Bonchev–Trinajstić information content (AvgIpc) is 3.10. The van der Waals surface area contributed by atoms with Gasteiger partial charge in [-0.1, -0.05) is 30.3 Å². The van der Waals surface area contributed by atoms with Gasteiger partial charge in [-0.05, 0) is 43.4 Å². The Balaban J connectivity index is 1.40. The zero-order valence-electron chi connectivity index (χ0n) is 16.0. The number of piperazine rings is 1. The summed E-state index contributed by atoms with van der Waals surface area (Å²) in [5.74, 6) is 1.51. The fourth-order valence-electron chi connectivity index (χ4n) is 3.41. The van der Waals surface area contributed by atoms with Gasteiger partial charge in [0, 0.05) is 31.7 Å². The van der Waals surface area contributed by atoms with E-state index in [1.807, 2.05) is 49.4 Å². The Morgan fingerprint density at radius 2 is 1.71 bits per heavy atom. The summed E-state index contributed by atoms with van der Waals surface area (Å²) in [6.07, 6.45) is 0. The van der Waals surface area contributed by atoms with Gasteiger partial charge in [0.2, 0.25) is 5.89 Å². The van der Waals surface area contributed by atoms with Crippen molar-refractivity contribution in [2.45, 2.75) is 13.6 Å². The lowest BCUT2D eigenvalue weighted by Gasteiger charge is -2.36. The van der Waals surface area contributed by atoms with Crippen molar-refractivity contribution < 1.29 is 9.15 Å². The molecule has 1 aliphatic heterocycles. The molecule has 2 heterocycles. The van der Waals surface area contributed by atoms with E-state index in [4.69, 9.17) is 21.4 Å². The first-order chi connectivity index (χ1) is 13.7. The summed E-state index contributed by atoms with van der Waals surface area (Å²) < 4.78 is 13.2. The maximum Gasteiger partial charge on any atom is 0.288 e. The number of benzene rings is 2. The van der Waals surface area contributed by atoms with Crippen molar-refractivity contribution in [1.29, 1.82) is 0 Å². The van der Waals surface area contributed by atoms with Crippen molar-refractivity contribution in [1.82, 2.24) is 14.7 Å². The Bertz CT molecular complexity index is 962. The monoisotopic (exact) mass is 396 g/mol. The van der Waals surface area contributed by atoms with E-state index >= 15 is 0 Å². The maximum atomic E-state index is 5.78. The van der Waals surface area contributed by atoms with Crippen molar-refractivity contribution in [2.75, 3.05) is 37.7 Å². The molecule has 0 radical (unpaired) electrons. The lowest BCUT2D eigenvalue weighted by Crippen LogP contribution is -2.47. The highest BCUT2D eigenvalue weighted by molar-refractivity contribution is 7.71. The van der Waals surface area contributed by atoms with Crippen LogP contribution in [0.4, 0.5) is 5.69 Å². The molecule has 4 rings (SSSR count). The third kappa shape index (κ3) is 4.10. The highest BCUT2D eigenvalue weighted by Gasteiger charge is 2.20. The summed E-state index contributed by atoms with van der Waals surface area (Å²) in [7, 11) is 0. The van der Waals surface area contributed by atoms with Gasteiger partial charge >= 0.3 is 0 Å². The van der Waals surface area contributed by atoms with Crippen molar-refractivity contribution >= 4 is 17.9 Å². The van der Waals surface area contributed by atoms with Crippen LogP contribution in [0.25, 0.3) is 11.5 Å². The van der Waals surface area contributed by atoms with E-state index in [9.17, 15) is 0 Å². The topological polar surface area (TPSA) is 46.7 Å². The maximum absolute atomic E-state index is 5.78. The van der Waals surface area contributed by atoms with Gasteiger partial charge in [0.1, 0.15) is 5.75 Å². The first kappa shape index (κ1) is 18.7. The van der Waals surface area contributed by atoms with Crippen LogP contribution >= 0.6 is 12.2 Å². The SMILES string of the molecule is CCOc1ccccc1N1CCN(Cn2nc(-c3ccccc3)oc2=S)CC1. The summed E-state index contributed by atoms with van der Waals surface area (Å²) in [5, 5.41) is 4.56. The first-order valence-electron chi connectivity index (χ1n) is 9.57. The molecule has 0 bridgehead atoms. The zero-order chi connectivity index (χ0) is 19.3. The van der Waals surface area contributed by atoms with Crippen LogP contribution < -0.4 is 9.64 Å². The van der Waals surface area contributed by atoms with Crippen molar-refractivity contribution in [3.05, 3.63) is 59.4 Å². The van der Waals surface area contributed by atoms with E-state index in [-0.39, 0.29) is 0 Å². The normalized spacial score (nSPS) is 15.0. The van der Waals surface area contributed by atoms with Crippen LogP contribution in [0.1, 0.15) is 6.92 Å². The minimum Gasteiger partial charge on any atom is -0.492 e. The third-order valence-corrected chi connectivity index (χ3v) is 5.13. The van der Waals surface area contributed by atoms with Crippen molar-refractivity contribution in [2.24, 2.45) is 0 Å². The second-order valence-corrected chi connectivity index (χ2v) is 7.04. The molecule has 28 heavy (non-hydrogen) atoms. The molecular weight excluding hydrogens is 372 g/mol. The number of rotatable bonds is 6. The fraction of sp³-hybridized carbons (Fsp3) is 0.333. The van der Waals surface area contributed by atoms with Crippen LogP contribution in [0.2, 0.25) is 0 Å². The van der Waals surface area contributed by atoms with Crippen molar-refractivity contribution in [3.8, 4) is 17.2 Å². The number of anilines is 1. The van der Waals surface area contributed by atoms with Crippen LogP contribution in [0.15, 0.2) is 59.0 Å². The molecular formula is C21H24N4O2S. The van der Waals surface area contributed by atoms with Gasteiger partial charge in [-0.2, -0.15) is 0 Å². The summed E-state index contributed by atoms with van der Waals surface area (Å²) in [6, 6.07) is 18.1. The van der Waals surface area contributed by atoms with Crippen LogP contribution in [0.3, 0.4) is 0 Å². The third-order valence-electron chi connectivity index (χ3n) is 4.84. The number of hydrogen-bond acceptors (Lipinski definition) is 6. The Morgan fingerprint density at radius 3 is 2.46 bits per heavy atom. The molecule has 2 aromatic carbocycles. The lowest BCUT2D eigenvalue weighted by molar-refractivity contribution is 0.191. The molecule has 0 unspecified atom stereocenters. The van der Waals surface area contributed by atoms with E-state index in [2.05, 4.69) is 27.0 Å². The number of ether oxygens (including phenoxy) is 1. The molecule has 146 valence electrons. The minimum absolute atomic E-state index is 0.406. The van der Waals surface area contributed by atoms with Gasteiger partial charge in [0.15, 0.2) is 0 Å². The molecule has 7 heteroatoms. The van der Waals surface area contributed by atoms with Gasteiger partial charge < -0.3 is 14.1 Å². The van der Waals surface area contributed by atoms with E-state index < -0.39 is 0 Å². The van der Waals surface area contributed by atoms with E-state index in [1.165, 1.54) is 0 Å². The Morgan fingerprint density at radius 1 is 1.00 bits per heavy atom. The largest absolute Gasteiger partial charge is 0.492 e. The molecule has 0 atom stereocenters. The fourth-order valence-corrected chi connectivity index (χ4v) is 3.59. The Hall–Kier alpha value is -2.64. The summed E-state index contributed by atoms with van der Waals surface area (Å²) in [6.45, 7) is 7.04. The van der Waals surface area contributed by atoms with Gasteiger partial charge in [-0.25, -0.2) is 4.68 Å². The molecule has 0 amide bonds. The quantitative estimate of drug-likeness (QED) is 0.586. The molecule has 1 aromatic heterocycles. The van der Waals surface area contributed by atoms with E-state index in [0.717, 1.165) is 43.2 Å². The van der Waals surface area contributed by atoms with E-state index in [0.29, 0.717) is 24.0 Å². The predicted molar refractivity (Wildman–Crippen MR) is 112 cm³/mol. The molecule has 0 N–H and O–H groups in total. The Labute approximate surface area is 169 Å². The molecule has 1 saturated heterocycles. The molecule has 0 saturated carbocycles. The van der Waals surface area contributed by atoms with Crippen LogP contribution in [0, 0.1) is 4.84 Å². The number of aromatic nitrogens is 2. The highest BCUT2D eigenvalue weighted by atomic mass is 32.1. The number of nitrogens with zero attached hydrogens (tertiary/aromatic N) is 4. The van der Waals surface area contributed by atoms with Crippen molar-refractivity contribution in [3.63, 3.8) is 0 Å². The second kappa shape index (κ2) is 8.58. The summed E-state index contributed by atoms with van der Waals surface area (Å²) in [5.41, 5.74) is 2.10. The number of para-hydroxylation sites is 2. The van der Waals surface area contributed by atoms with Gasteiger partial charge in [0.05, 0.1) is 19.0 Å².